The van der Waals surface area contributed by atoms with E-state index in [9.17, 15) is 9.90 Å². The quantitative estimate of drug-likeness (QED) is 0.315. The Morgan fingerprint density at radius 2 is 1.78 bits per heavy atom. The number of carbonyl (C=O) groups is 1. The summed E-state index contributed by atoms with van der Waals surface area (Å²) in [7, 11) is 1.76. The number of fused-ring (bicyclic) bond motifs is 1. The third-order valence-corrected chi connectivity index (χ3v) is 6.79. The SMILES string of the molecule is Cc1ccc(-c2c(COc3c(C(=O)O)n(C)c4cccc(C)c34)c(C)nc(CC(C)C)c2CN)cc1. The normalized spacial score (nSPS) is 11.4. The largest absolute Gasteiger partial charge is 0.486 e. The van der Waals surface area contributed by atoms with Gasteiger partial charge in [-0.25, -0.2) is 4.79 Å². The Morgan fingerprint density at radius 1 is 1.08 bits per heavy atom. The highest BCUT2D eigenvalue weighted by molar-refractivity contribution is 6.02. The van der Waals surface area contributed by atoms with Gasteiger partial charge < -0.3 is 20.1 Å². The summed E-state index contributed by atoms with van der Waals surface area (Å²) in [5, 5.41) is 10.8. The van der Waals surface area contributed by atoms with E-state index in [2.05, 4.69) is 45.0 Å². The van der Waals surface area contributed by atoms with E-state index in [-0.39, 0.29) is 12.3 Å². The minimum absolute atomic E-state index is 0.136. The predicted octanol–water partition coefficient (Wildman–Crippen LogP) is 6.10. The minimum Gasteiger partial charge on any atom is -0.486 e. The summed E-state index contributed by atoms with van der Waals surface area (Å²) in [6.07, 6.45) is 0.832. The van der Waals surface area contributed by atoms with Gasteiger partial charge in [-0.05, 0) is 61.4 Å². The molecule has 2 aromatic carbocycles. The Hall–Kier alpha value is -3.64. The first-order valence-electron chi connectivity index (χ1n) is 12.4. The van der Waals surface area contributed by atoms with Crippen molar-refractivity contribution in [2.45, 2.75) is 54.2 Å². The summed E-state index contributed by atoms with van der Waals surface area (Å²) < 4.78 is 8.09. The van der Waals surface area contributed by atoms with E-state index in [1.165, 1.54) is 5.56 Å². The Bertz CT molecular complexity index is 1430. The van der Waals surface area contributed by atoms with Crippen molar-refractivity contribution in [3.05, 3.63) is 81.8 Å². The highest BCUT2D eigenvalue weighted by atomic mass is 16.5. The zero-order valence-corrected chi connectivity index (χ0v) is 22.0. The molecule has 0 spiro atoms. The predicted molar refractivity (Wildman–Crippen MR) is 145 cm³/mol. The fourth-order valence-corrected chi connectivity index (χ4v) is 5.01. The number of aromatic nitrogens is 2. The van der Waals surface area contributed by atoms with E-state index in [0.717, 1.165) is 56.5 Å². The van der Waals surface area contributed by atoms with Gasteiger partial charge in [0.25, 0.3) is 0 Å². The number of ether oxygens (including phenoxy) is 1. The Balaban J connectivity index is 1.90. The molecule has 2 aromatic heterocycles. The third kappa shape index (κ3) is 4.61. The summed E-state index contributed by atoms with van der Waals surface area (Å²) in [6.45, 7) is 10.9. The van der Waals surface area contributed by atoms with Gasteiger partial charge in [0.1, 0.15) is 6.61 Å². The lowest BCUT2D eigenvalue weighted by molar-refractivity contribution is 0.0681. The summed E-state index contributed by atoms with van der Waals surface area (Å²) in [6, 6.07) is 14.2. The number of hydrogen-bond acceptors (Lipinski definition) is 4. The number of benzene rings is 2. The monoisotopic (exact) mass is 485 g/mol. The number of hydrogen-bond donors (Lipinski definition) is 2. The smallest absolute Gasteiger partial charge is 0.356 e. The number of carboxylic acid groups (broad SMARTS) is 1. The average molecular weight is 486 g/mol. The molecule has 0 radical (unpaired) electrons. The van der Waals surface area contributed by atoms with Gasteiger partial charge >= 0.3 is 5.97 Å². The number of rotatable bonds is 8. The van der Waals surface area contributed by atoms with Crippen LogP contribution in [0.1, 0.15) is 58.0 Å². The fraction of sp³-hybridized carbons (Fsp3) is 0.333. The molecule has 0 saturated carbocycles. The summed E-state index contributed by atoms with van der Waals surface area (Å²) in [4.78, 5) is 17.2. The first-order valence-corrected chi connectivity index (χ1v) is 12.4. The lowest BCUT2D eigenvalue weighted by Gasteiger charge is -2.21. The van der Waals surface area contributed by atoms with E-state index in [4.69, 9.17) is 15.5 Å². The van der Waals surface area contributed by atoms with Crippen LogP contribution >= 0.6 is 0 Å². The van der Waals surface area contributed by atoms with Crippen molar-refractivity contribution in [3.63, 3.8) is 0 Å². The second-order valence-corrected chi connectivity index (χ2v) is 9.94. The van der Waals surface area contributed by atoms with Gasteiger partial charge in [-0.2, -0.15) is 0 Å². The van der Waals surface area contributed by atoms with Crippen molar-refractivity contribution in [1.82, 2.24) is 9.55 Å². The van der Waals surface area contributed by atoms with E-state index >= 15 is 0 Å². The van der Waals surface area contributed by atoms with Crippen molar-refractivity contribution in [2.75, 3.05) is 0 Å². The van der Waals surface area contributed by atoms with Gasteiger partial charge in [-0.15, -0.1) is 0 Å². The number of carboxylic acids is 1. The maximum absolute atomic E-state index is 12.2. The second-order valence-electron chi connectivity index (χ2n) is 9.94. The molecule has 0 atom stereocenters. The maximum atomic E-state index is 12.2. The number of nitrogens with two attached hydrogens (primary N) is 1. The molecule has 0 fully saturated rings. The van der Waals surface area contributed by atoms with Crippen LogP contribution in [0.3, 0.4) is 0 Å². The molecule has 0 aliphatic carbocycles. The molecule has 2 heterocycles. The Kier molecular flexibility index (Phi) is 7.18. The molecule has 4 aromatic rings. The Labute approximate surface area is 212 Å². The Morgan fingerprint density at radius 3 is 2.39 bits per heavy atom. The highest BCUT2D eigenvalue weighted by Crippen LogP contribution is 2.38. The standard InChI is InChI=1S/C30H35N3O3/c1-17(2)14-24-22(15-31)27(21-12-10-18(3)11-13-21)23(20(5)32-24)16-36-29-26-19(4)8-7-9-25(26)33(6)28(29)30(34)35/h7-13,17H,14-16,31H2,1-6H3,(H,34,35). The topological polar surface area (TPSA) is 90.4 Å². The molecular formula is C30H35N3O3. The van der Waals surface area contributed by atoms with Crippen LogP contribution in [0.5, 0.6) is 5.75 Å². The van der Waals surface area contributed by atoms with Gasteiger partial charge in [-0.1, -0.05) is 55.8 Å². The molecule has 0 saturated heterocycles. The van der Waals surface area contributed by atoms with Crippen LogP contribution in [0.15, 0.2) is 42.5 Å². The van der Waals surface area contributed by atoms with Gasteiger partial charge in [-0.3, -0.25) is 4.98 Å². The molecule has 188 valence electrons. The summed E-state index contributed by atoms with van der Waals surface area (Å²) >= 11 is 0. The van der Waals surface area contributed by atoms with Gasteiger partial charge in [0.15, 0.2) is 11.4 Å². The lowest BCUT2D eigenvalue weighted by atomic mass is 9.90. The van der Waals surface area contributed by atoms with Crippen LogP contribution in [0, 0.1) is 26.7 Å². The number of aromatic carboxylic acids is 1. The fourth-order valence-electron chi connectivity index (χ4n) is 5.01. The van der Waals surface area contributed by atoms with Crippen LogP contribution in [0.25, 0.3) is 22.0 Å². The van der Waals surface area contributed by atoms with Crippen molar-refractivity contribution in [1.29, 1.82) is 0 Å². The van der Waals surface area contributed by atoms with E-state index < -0.39 is 5.97 Å². The van der Waals surface area contributed by atoms with Crippen molar-refractivity contribution < 1.29 is 14.6 Å². The van der Waals surface area contributed by atoms with Crippen LogP contribution in [-0.2, 0) is 26.6 Å². The molecule has 0 unspecified atom stereocenters. The summed E-state index contributed by atoms with van der Waals surface area (Å²) in [5.41, 5.74) is 15.3. The summed E-state index contributed by atoms with van der Waals surface area (Å²) in [5.74, 6) is -0.202. The van der Waals surface area contributed by atoms with Gasteiger partial charge in [0, 0.05) is 35.9 Å². The van der Waals surface area contributed by atoms with Crippen molar-refractivity contribution in [2.24, 2.45) is 18.7 Å². The van der Waals surface area contributed by atoms with Crippen molar-refractivity contribution in [3.8, 4) is 16.9 Å². The van der Waals surface area contributed by atoms with Crippen LogP contribution in [-0.4, -0.2) is 20.6 Å². The zero-order valence-electron chi connectivity index (χ0n) is 22.0. The second kappa shape index (κ2) is 10.2. The van der Waals surface area contributed by atoms with Crippen LogP contribution < -0.4 is 10.5 Å². The molecule has 0 aliphatic heterocycles. The number of nitrogens with zero attached hydrogens (tertiary/aromatic N) is 2. The molecule has 6 nitrogen and oxygen atoms in total. The van der Waals surface area contributed by atoms with Crippen LogP contribution in [0.4, 0.5) is 0 Å². The first-order chi connectivity index (χ1) is 17.1. The minimum atomic E-state index is -1.02. The molecule has 4 rings (SSSR count). The van der Waals surface area contributed by atoms with E-state index in [1.807, 2.05) is 32.0 Å². The third-order valence-electron chi connectivity index (χ3n) is 6.79. The van der Waals surface area contributed by atoms with E-state index in [0.29, 0.717) is 18.2 Å². The molecule has 36 heavy (non-hydrogen) atoms. The molecule has 6 heteroatoms. The molecular weight excluding hydrogens is 450 g/mol. The molecule has 0 aliphatic rings. The zero-order chi connectivity index (χ0) is 26.1. The van der Waals surface area contributed by atoms with Gasteiger partial charge in [0.2, 0.25) is 0 Å². The average Bonchev–Trinajstić information content (AvgIpc) is 3.11. The number of aryl methyl sites for hydroxylation is 4. The number of pyridine rings is 1. The highest BCUT2D eigenvalue weighted by Gasteiger charge is 2.25. The molecule has 3 N–H and O–H groups in total. The first kappa shape index (κ1) is 25.5. The lowest BCUT2D eigenvalue weighted by Crippen LogP contribution is -2.15. The van der Waals surface area contributed by atoms with Gasteiger partial charge in [0.05, 0.1) is 5.52 Å². The molecule has 0 amide bonds. The molecule has 0 bridgehead atoms. The van der Waals surface area contributed by atoms with E-state index in [1.54, 1.807) is 11.6 Å². The van der Waals surface area contributed by atoms with Crippen LogP contribution in [0.2, 0.25) is 0 Å². The maximum Gasteiger partial charge on any atom is 0.356 e. The van der Waals surface area contributed by atoms with Crippen molar-refractivity contribution >= 4 is 16.9 Å².